The molecule has 2 aliphatic rings. The van der Waals surface area contributed by atoms with Gasteiger partial charge in [0.1, 0.15) is 11.4 Å². The maximum atomic E-state index is 12.2. The maximum absolute atomic E-state index is 12.2. The first-order chi connectivity index (χ1) is 12.3. The van der Waals surface area contributed by atoms with E-state index in [2.05, 4.69) is 29.0 Å². The zero-order valence-corrected chi connectivity index (χ0v) is 16.6. The van der Waals surface area contributed by atoms with Gasteiger partial charge in [0.2, 0.25) is 0 Å². The fraction of sp³-hybridized carbons (Fsp3) is 0.700. The van der Waals surface area contributed by atoms with Crippen molar-refractivity contribution in [1.82, 2.24) is 14.8 Å². The van der Waals surface area contributed by atoms with Crippen LogP contribution in [0.2, 0.25) is 0 Å². The topological polar surface area (TPSA) is 48.9 Å². The van der Waals surface area contributed by atoms with Crippen molar-refractivity contribution in [2.24, 2.45) is 0 Å². The molecule has 3 rings (SSSR count). The van der Waals surface area contributed by atoms with Crippen molar-refractivity contribution < 1.29 is 9.53 Å². The van der Waals surface area contributed by atoms with Crippen LogP contribution < -0.4 is 4.90 Å². The van der Waals surface area contributed by atoms with Crippen molar-refractivity contribution in [3.05, 3.63) is 23.9 Å². The first kappa shape index (κ1) is 19.0. The van der Waals surface area contributed by atoms with Crippen LogP contribution in [-0.2, 0) is 4.74 Å². The van der Waals surface area contributed by atoms with Crippen LogP contribution in [0.15, 0.2) is 18.3 Å². The minimum Gasteiger partial charge on any atom is -0.444 e. The highest BCUT2D eigenvalue weighted by Gasteiger charge is 2.26. The molecule has 1 aromatic heterocycles. The summed E-state index contributed by atoms with van der Waals surface area (Å²) in [5, 5.41) is 0. The summed E-state index contributed by atoms with van der Waals surface area (Å²) in [7, 11) is 2.20. The van der Waals surface area contributed by atoms with E-state index in [4.69, 9.17) is 9.72 Å². The summed E-state index contributed by atoms with van der Waals surface area (Å²) in [4.78, 5) is 23.3. The Morgan fingerprint density at radius 2 is 1.85 bits per heavy atom. The smallest absolute Gasteiger partial charge is 0.410 e. The number of amides is 1. The molecule has 2 saturated heterocycles. The highest BCUT2D eigenvalue weighted by atomic mass is 16.6. The van der Waals surface area contributed by atoms with Crippen LogP contribution in [0.1, 0.15) is 51.6 Å². The number of hydrogen-bond donors (Lipinski definition) is 0. The van der Waals surface area contributed by atoms with E-state index in [1.165, 1.54) is 31.4 Å². The number of anilines is 1. The highest BCUT2D eigenvalue weighted by Crippen LogP contribution is 2.29. The molecule has 0 aliphatic carbocycles. The summed E-state index contributed by atoms with van der Waals surface area (Å²) in [6.07, 6.45) is 5.61. The molecule has 0 aromatic carbocycles. The summed E-state index contributed by atoms with van der Waals surface area (Å²) < 4.78 is 5.46. The van der Waals surface area contributed by atoms with Gasteiger partial charge in [-0.15, -0.1) is 0 Å². The number of piperazine rings is 1. The minimum atomic E-state index is -0.447. The number of piperidine rings is 1. The van der Waals surface area contributed by atoms with Gasteiger partial charge in [0.25, 0.3) is 0 Å². The van der Waals surface area contributed by atoms with Gasteiger partial charge in [-0.05, 0) is 58.8 Å². The van der Waals surface area contributed by atoms with Gasteiger partial charge in [0, 0.05) is 38.4 Å². The molecule has 26 heavy (non-hydrogen) atoms. The van der Waals surface area contributed by atoms with Crippen LogP contribution in [0, 0.1) is 0 Å². The molecule has 0 spiro atoms. The van der Waals surface area contributed by atoms with Gasteiger partial charge in [-0.2, -0.15) is 0 Å². The summed E-state index contributed by atoms with van der Waals surface area (Å²) >= 11 is 0. The molecule has 0 bridgehead atoms. The van der Waals surface area contributed by atoms with Gasteiger partial charge in [0.15, 0.2) is 0 Å². The van der Waals surface area contributed by atoms with Gasteiger partial charge >= 0.3 is 6.09 Å². The predicted octanol–water partition coefficient (Wildman–Crippen LogP) is 3.30. The Balaban J connectivity index is 1.55. The number of ether oxygens (including phenoxy) is 1. The lowest BCUT2D eigenvalue weighted by Crippen LogP contribution is -2.50. The third kappa shape index (κ3) is 4.67. The highest BCUT2D eigenvalue weighted by molar-refractivity contribution is 5.68. The quantitative estimate of drug-likeness (QED) is 0.810. The third-order valence-electron chi connectivity index (χ3n) is 5.18. The average molecular weight is 361 g/mol. The van der Waals surface area contributed by atoms with E-state index in [1.54, 1.807) is 4.90 Å². The molecule has 2 aliphatic heterocycles. The van der Waals surface area contributed by atoms with Crippen LogP contribution in [0.5, 0.6) is 0 Å². The number of carbonyl (C=O) groups excluding carboxylic acids is 1. The van der Waals surface area contributed by atoms with Crippen LogP contribution in [-0.4, -0.2) is 66.2 Å². The fourth-order valence-electron chi connectivity index (χ4n) is 3.72. The van der Waals surface area contributed by atoms with E-state index in [0.717, 1.165) is 18.9 Å². The largest absolute Gasteiger partial charge is 0.444 e. The molecular formula is C20H32N4O2. The molecule has 2 fully saturated rings. The van der Waals surface area contributed by atoms with E-state index in [9.17, 15) is 4.79 Å². The molecule has 1 unspecified atom stereocenters. The van der Waals surface area contributed by atoms with E-state index in [1.807, 2.05) is 27.0 Å². The van der Waals surface area contributed by atoms with Crippen molar-refractivity contribution >= 4 is 11.9 Å². The Morgan fingerprint density at radius 1 is 1.12 bits per heavy atom. The molecule has 0 saturated carbocycles. The summed E-state index contributed by atoms with van der Waals surface area (Å²) in [6.45, 7) is 9.78. The lowest BCUT2D eigenvalue weighted by atomic mass is 9.97. The minimum absolute atomic E-state index is 0.221. The number of carbonyl (C=O) groups is 1. The lowest BCUT2D eigenvalue weighted by molar-refractivity contribution is 0.0240. The van der Waals surface area contributed by atoms with Gasteiger partial charge in [-0.25, -0.2) is 9.78 Å². The number of rotatable bonds is 2. The number of likely N-dealkylation sites (tertiary alicyclic amines) is 1. The molecule has 0 N–H and O–H groups in total. The second-order valence-electron chi connectivity index (χ2n) is 8.40. The average Bonchev–Trinajstić information content (AvgIpc) is 2.61. The van der Waals surface area contributed by atoms with Crippen molar-refractivity contribution in [3.63, 3.8) is 0 Å². The molecule has 144 valence electrons. The second kappa shape index (κ2) is 7.82. The van der Waals surface area contributed by atoms with E-state index in [0.29, 0.717) is 19.1 Å². The lowest BCUT2D eigenvalue weighted by Gasteiger charge is -2.36. The predicted molar refractivity (Wildman–Crippen MR) is 103 cm³/mol. The van der Waals surface area contributed by atoms with E-state index in [-0.39, 0.29) is 6.09 Å². The summed E-state index contributed by atoms with van der Waals surface area (Å²) in [5.74, 6) is 0.996. The molecule has 6 heteroatoms. The van der Waals surface area contributed by atoms with E-state index >= 15 is 0 Å². The Labute approximate surface area is 157 Å². The maximum Gasteiger partial charge on any atom is 0.410 e. The number of hydrogen-bond acceptors (Lipinski definition) is 5. The number of aromatic nitrogens is 1. The van der Waals surface area contributed by atoms with Gasteiger partial charge in [-0.1, -0.05) is 12.5 Å². The normalized spacial score (nSPS) is 22.4. The van der Waals surface area contributed by atoms with Gasteiger partial charge < -0.3 is 14.5 Å². The second-order valence-corrected chi connectivity index (χ2v) is 8.40. The Bertz CT molecular complexity index is 603. The molecule has 3 heterocycles. The summed E-state index contributed by atoms with van der Waals surface area (Å²) in [6, 6.07) is 4.84. The van der Waals surface area contributed by atoms with Crippen molar-refractivity contribution in [3.8, 4) is 0 Å². The van der Waals surface area contributed by atoms with Crippen LogP contribution in [0.4, 0.5) is 10.6 Å². The molecule has 1 atom stereocenters. The van der Waals surface area contributed by atoms with Crippen molar-refractivity contribution in [1.29, 1.82) is 0 Å². The molecule has 6 nitrogen and oxygen atoms in total. The van der Waals surface area contributed by atoms with Crippen LogP contribution >= 0.6 is 0 Å². The van der Waals surface area contributed by atoms with Crippen LogP contribution in [0.3, 0.4) is 0 Å². The van der Waals surface area contributed by atoms with Crippen LogP contribution in [0.25, 0.3) is 0 Å². The standard InChI is InChI=1S/C20H32N4O2/c1-20(2,3)26-19(25)24-13-11-23(12-14-24)18-9-8-16(15-21-18)17-7-5-6-10-22(17)4/h8-9,15,17H,5-7,10-14H2,1-4H3. The Morgan fingerprint density at radius 3 is 2.42 bits per heavy atom. The third-order valence-corrected chi connectivity index (χ3v) is 5.18. The summed E-state index contributed by atoms with van der Waals surface area (Å²) in [5.41, 5.74) is 0.862. The molecule has 1 amide bonds. The first-order valence-electron chi connectivity index (χ1n) is 9.72. The van der Waals surface area contributed by atoms with Gasteiger partial charge in [-0.3, -0.25) is 4.90 Å². The number of pyridine rings is 1. The zero-order chi connectivity index (χ0) is 18.7. The van der Waals surface area contributed by atoms with Crippen molar-refractivity contribution in [2.75, 3.05) is 44.7 Å². The molecular weight excluding hydrogens is 328 g/mol. The number of nitrogens with zero attached hydrogens (tertiary/aromatic N) is 4. The monoisotopic (exact) mass is 360 g/mol. The first-order valence-corrected chi connectivity index (χ1v) is 9.72. The zero-order valence-electron chi connectivity index (χ0n) is 16.6. The fourth-order valence-corrected chi connectivity index (χ4v) is 3.72. The SMILES string of the molecule is CN1CCCCC1c1ccc(N2CCN(C(=O)OC(C)(C)C)CC2)nc1. The molecule has 1 aromatic rings. The van der Waals surface area contributed by atoms with E-state index < -0.39 is 5.60 Å². The van der Waals surface area contributed by atoms with Gasteiger partial charge in [0.05, 0.1) is 0 Å². The molecule has 0 radical (unpaired) electrons. The Hall–Kier alpha value is -1.82. The van der Waals surface area contributed by atoms with Crippen molar-refractivity contribution in [2.45, 2.75) is 51.7 Å². The Kier molecular flexibility index (Phi) is 5.70.